The Morgan fingerprint density at radius 1 is 0.552 bits per heavy atom. The molecule has 0 saturated heterocycles. The van der Waals surface area contributed by atoms with Crippen LogP contribution in [0.15, 0.2) is 84.9 Å². The van der Waals surface area contributed by atoms with Gasteiger partial charge in [-0.15, -0.1) is 0 Å². The summed E-state index contributed by atoms with van der Waals surface area (Å²) in [6.07, 6.45) is 8.32. The summed E-state index contributed by atoms with van der Waals surface area (Å²) in [6.45, 7) is 17.6. The minimum absolute atomic E-state index is 0.0166. The van der Waals surface area contributed by atoms with E-state index in [-0.39, 0.29) is 61.0 Å². The number of carbonyl (C=O) groups excluding carboxylic acids is 2. The van der Waals surface area contributed by atoms with E-state index < -0.39 is 23.0 Å². The Morgan fingerprint density at radius 3 is 1.31 bits per heavy atom. The molecule has 67 heavy (non-hydrogen) atoms. The van der Waals surface area contributed by atoms with Crippen LogP contribution in [0.25, 0.3) is 0 Å². The van der Waals surface area contributed by atoms with Gasteiger partial charge in [0.25, 0.3) is 0 Å². The van der Waals surface area contributed by atoms with E-state index in [4.69, 9.17) is 18.9 Å². The highest BCUT2D eigenvalue weighted by Gasteiger charge is 2.57. The normalized spacial score (nSPS) is 27.5. The predicted octanol–water partition coefficient (Wildman–Crippen LogP) is 11.5. The third kappa shape index (κ3) is 9.95. The van der Waals surface area contributed by atoms with Crippen molar-refractivity contribution in [2.45, 2.75) is 161 Å². The Hall–Kier alpha value is -4.66. The topological polar surface area (TPSA) is 112 Å². The standard InChI is InChI=1S/C59H76O8/c1-38(2)42-15-23-50-44(32-42)17-25-52-56(50,5)27-9-29-58(52,7)54(62)66-36-46(60)34-64-48-19-11-40(12-20-48)31-41-13-21-49(22-14-41)65-35-47(61)37-67-55(63)59(8)30-10-28-57(6)51-24-16-43(39(3)4)33-45(51)18-26-53(57)59/h11-16,19-24,32-33,38-39,46-47,52-53,60-61H,9-10,17-18,25-31,34-37H2,1-8H3. The highest BCUT2D eigenvalue weighted by atomic mass is 16.6. The van der Waals surface area contributed by atoms with Crippen LogP contribution in [0.5, 0.6) is 11.5 Å². The Morgan fingerprint density at radius 2 is 0.940 bits per heavy atom. The van der Waals surface area contributed by atoms with Gasteiger partial charge in [-0.3, -0.25) is 9.59 Å². The summed E-state index contributed by atoms with van der Waals surface area (Å²) in [5.41, 5.74) is 9.20. The summed E-state index contributed by atoms with van der Waals surface area (Å²) in [7, 11) is 0. The highest BCUT2D eigenvalue weighted by molar-refractivity contribution is 5.78. The monoisotopic (exact) mass is 913 g/mol. The largest absolute Gasteiger partial charge is 0.491 e. The molecule has 8 heteroatoms. The average molecular weight is 913 g/mol. The van der Waals surface area contributed by atoms with Crippen molar-refractivity contribution in [3.05, 3.63) is 129 Å². The van der Waals surface area contributed by atoms with Gasteiger partial charge in [-0.05, 0) is 175 Å². The molecule has 0 aromatic heterocycles. The molecule has 4 aliphatic carbocycles. The molecular formula is C59H76O8. The van der Waals surface area contributed by atoms with Crippen LogP contribution in [-0.4, -0.2) is 60.8 Å². The smallest absolute Gasteiger partial charge is 0.312 e. The molecule has 0 spiro atoms. The fourth-order valence-corrected chi connectivity index (χ4v) is 13.0. The van der Waals surface area contributed by atoms with Gasteiger partial charge in [0.05, 0.1) is 10.8 Å². The summed E-state index contributed by atoms with van der Waals surface area (Å²) in [5, 5.41) is 21.6. The molecule has 8 nitrogen and oxygen atoms in total. The van der Waals surface area contributed by atoms with Gasteiger partial charge >= 0.3 is 11.9 Å². The van der Waals surface area contributed by atoms with Crippen molar-refractivity contribution in [1.82, 2.24) is 0 Å². The average Bonchev–Trinajstić information content (AvgIpc) is 3.31. The van der Waals surface area contributed by atoms with Gasteiger partial charge in [0.1, 0.15) is 50.1 Å². The molecule has 0 heterocycles. The maximum absolute atomic E-state index is 13.8. The lowest BCUT2D eigenvalue weighted by Gasteiger charge is -2.54. The number of aliphatic hydroxyl groups is 2. The molecule has 0 amide bonds. The molecule has 360 valence electrons. The number of carbonyl (C=O) groups is 2. The Balaban J connectivity index is 0.755. The summed E-state index contributed by atoms with van der Waals surface area (Å²) in [5.74, 6) is 2.17. The zero-order valence-electron chi connectivity index (χ0n) is 41.5. The maximum atomic E-state index is 13.8. The first-order chi connectivity index (χ1) is 31.9. The summed E-state index contributed by atoms with van der Waals surface area (Å²) >= 11 is 0. The lowest BCUT2D eigenvalue weighted by Crippen LogP contribution is -2.53. The van der Waals surface area contributed by atoms with Crippen LogP contribution < -0.4 is 9.47 Å². The van der Waals surface area contributed by atoms with E-state index >= 15 is 0 Å². The molecule has 0 bridgehead atoms. The van der Waals surface area contributed by atoms with Gasteiger partial charge in [-0.1, -0.05) is 115 Å². The second-order valence-electron chi connectivity index (χ2n) is 22.3. The number of rotatable bonds is 16. The number of fused-ring (bicyclic) bond motifs is 6. The summed E-state index contributed by atoms with van der Waals surface area (Å²) < 4.78 is 23.5. The molecule has 8 unspecified atom stereocenters. The van der Waals surface area contributed by atoms with Crippen LogP contribution >= 0.6 is 0 Å². The molecule has 0 aliphatic heterocycles. The van der Waals surface area contributed by atoms with E-state index in [0.717, 1.165) is 75.3 Å². The van der Waals surface area contributed by atoms with E-state index in [0.29, 0.717) is 29.8 Å². The van der Waals surface area contributed by atoms with Crippen molar-refractivity contribution >= 4 is 11.9 Å². The van der Waals surface area contributed by atoms with Gasteiger partial charge in [-0.25, -0.2) is 0 Å². The van der Waals surface area contributed by atoms with Crippen LogP contribution in [0.1, 0.15) is 163 Å². The second-order valence-corrected chi connectivity index (χ2v) is 22.3. The third-order valence-electron chi connectivity index (χ3n) is 17.0. The van der Waals surface area contributed by atoms with Gasteiger partial charge in [0.2, 0.25) is 0 Å². The van der Waals surface area contributed by atoms with Crippen molar-refractivity contribution in [2.75, 3.05) is 26.4 Å². The number of aliphatic hydroxyl groups excluding tert-OH is 2. The van der Waals surface area contributed by atoms with Gasteiger partial charge in [0.15, 0.2) is 0 Å². The number of benzene rings is 4. The number of aryl methyl sites for hydroxylation is 2. The highest BCUT2D eigenvalue weighted by Crippen LogP contribution is 2.59. The second kappa shape index (κ2) is 19.7. The maximum Gasteiger partial charge on any atom is 0.312 e. The third-order valence-corrected chi connectivity index (χ3v) is 17.0. The summed E-state index contributed by atoms with van der Waals surface area (Å²) in [6, 6.07) is 29.5. The zero-order chi connectivity index (χ0) is 47.7. The van der Waals surface area contributed by atoms with Crippen molar-refractivity contribution in [2.24, 2.45) is 22.7 Å². The van der Waals surface area contributed by atoms with Crippen molar-refractivity contribution < 1.29 is 38.7 Å². The van der Waals surface area contributed by atoms with E-state index in [2.05, 4.69) is 91.8 Å². The SMILES string of the molecule is CC(C)c1ccc2c(c1)CCC1C(C)(C(=O)OCC(O)COc3ccc(Cc4ccc(OCC(O)COC(=O)C5(C)CCCC6(C)c7ccc(C(C)C)cc7CCC56)cc4)cc3)CCCC21C. The van der Waals surface area contributed by atoms with Crippen LogP contribution in [0, 0.1) is 22.7 Å². The predicted molar refractivity (Wildman–Crippen MR) is 264 cm³/mol. The number of hydrogen-bond acceptors (Lipinski definition) is 8. The van der Waals surface area contributed by atoms with Crippen LogP contribution in [0.3, 0.4) is 0 Å². The fraction of sp³-hybridized carbons (Fsp3) is 0.559. The quantitative estimate of drug-likeness (QED) is 0.107. The van der Waals surface area contributed by atoms with Gasteiger partial charge < -0.3 is 29.2 Å². The number of esters is 2. The summed E-state index contributed by atoms with van der Waals surface area (Å²) in [4.78, 5) is 27.6. The molecule has 4 aromatic carbocycles. The Labute approximate surface area is 400 Å². The lowest BCUT2D eigenvalue weighted by molar-refractivity contribution is -0.168. The number of ether oxygens (including phenoxy) is 4. The lowest BCUT2D eigenvalue weighted by atomic mass is 9.49. The number of hydrogen-bond donors (Lipinski definition) is 2. The molecule has 2 N–H and O–H groups in total. The van der Waals surface area contributed by atoms with Crippen LogP contribution in [0.4, 0.5) is 0 Å². The van der Waals surface area contributed by atoms with Crippen LogP contribution in [0.2, 0.25) is 0 Å². The van der Waals surface area contributed by atoms with E-state index in [1.807, 2.05) is 48.5 Å². The first kappa shape index (κ1) is 48.8. The van der Waals surface area contributed by atoms with E-state index in [9.17, 15) is 19.8 Å². The van der Waals surface area contributed by atoms with Crippen molar-refractivity contribution in [3.63, 3.8) is 0 Å². The molecule has 8 rings (SSSR count). The van der Waals surface area contributed by atoms with E-state index in [1.54, 1.807) is 0 Å². The van der Waals surface area contributed by atoms with Crippen molar-refractivity contribution in [3.8, 4) is 11.5 Å². The Kier molecular flexibility index (Phi) is 14.4. The Bertz CT molecular complexity index is 2200. The molecule has 4 aromatic rings. The molecule has 8 atom stereocenters. The first-order valence-electron chi connectivity index (χ1n) is 25.3. The molecular weight excluding hydrogens is 837 g/mol. The minimum atomic E-state index is -0.948. The molecule has 2 fully saturated rings. The first-order valence-corrected chi connectivity index (χ1v) is 25.3. The van der Waals surface area contributed by atoms with E-state index in [1.165, 1.54) is 33.4 Å². The molecule has 2 saturated carbocycles. The minimum Gasteiger partial charge on any atom is -0.491 e. The zero-order valence-corrected chi connectivity index (χ0v) is 41.5. The van der Waals surface area contributed by atoms with Gasteiger partial charge in [0, 0.05) is 0 Å². The fourth-order valence-electron chi connectivity index (χ4n) is 13.0. The molecule has 4 aliphatic rings. The molecule has 0 radical (unpaired) electrons. The van der Waals surface area contributed by atoms with Gasteiger partial charge in [-0.2, -0.15) is 0 Å². The van der Waals surface area contributed by atoms with Crippen LogP contribution in [-0.2, 0) is 49.2 Å². The van der Waals surface area contributed by atoms with Crippen molar-refractivity contribution in [1.29, 1.82) is 0 Å².